The average Bonchev–Trinajstić information content (AvgIpc) is 2.61. The van der Waals surface area contributed by atoms with Crippen LogP contribution in [0.2, 0.25) is 0 Å². The van der Waals surface area contributed by atoms with Crippen LogP contribution in [-0.2, 0) is 16.0 Å². The number of ether oxygens (including phenoxy) is 1. The van der Waals surface area contributed by atoms with E-state index in [9.17, 15) is 14.0 Å². The molecule has 0 aliphatic carbocycles. The number of hydrogen-bond donors (Lipinski definition) is 1. The fraction of sp³-hybridized carbons (Fsp3) is 0.300. The average molecular weight is 358 g/mol. The van der Waals surface area contributed by atoms with Crippen LogP contribution in [0.4, 0.5) is 10.1 Å². The first kappa shape index (κ1) is 19.4. The molecule has 0 aliphatic heterocycles. The molecule has 0 fully saturated rings. The van der Waals surface area contributed by atoms with E-state index in [4.69, 9.17) is 4.74 Å². The second-order valence-corrected chi connectivity index (χ2v) is 6.13. The fourth-order valence-corrected chi connectivity index (χ4v) is 2.45. The van der Waals surface area contributed by atoms with Crippen LogP contribution in [-0.4, -0.2) is 37.4 Å². The van der Waals surface area contributed by atoms with Crippen molar-refractivity contribution >= 4 is 17.5 Å². The van der Waals surface area contributed by atoms with E-state index in [1.807, 2.05) is 31.2 Å². The lowest BCUT2D eigenvalue weighted by Gasteiger charge is -2.17. The van der Waals surface area contributed by atoms with E-state index in [0.29, 0.717) is 17.7 Å². The van der Waals surface area contributed by atoms with Crippen LogP contribution >= 0.6 is 0 Å². The molecule has 0 radical (unpaired) electrons. The lowest BCUT2D eigenvalue weighted by atomic mass is 10.1. The van der Waals surface area contributed by atoms with Crippen molar-refractivity contribution in [1.29, 1.82) is 0 Å². The van der Waals surface area contributed by atoms with Crippen LogP contribution < -0.4 is 10.1 Å². The maximum atomic E-state index is 13.7. The third kappa shape index (κ3) is 5.58. The monoisotopic (exact) mass is 358 g/mol. The smallest absolute Gasteiger partial charge is 0.243 e. The van der Waals surface area contributed by atoms with Gasteiger partial charge in [-0.1, -0.05) is 23.8 Å². The van der Waals surface area contributed by atoms with E-state index < -0.39 is 5.82 Å². The number of aryl methyl sites for hydroxylation is 2. The van der Waals surface area contributed by atoms with Crippen LogP contribution in [0.15, 0.2) is 42.5 Å². The standard InChI is InChI=1S/C20H23FN2O3/c1-14-4-8-16(9-5-14)22-19(24)13-23(2)20(25)11-7-15-6-10-18(26-3)17(21)12-15/h4-6,8-10,12H,7,11,13H2,1-3H3,(H,22,24). The second-order valence-electron chi connectivity index (χ2n) is 6.13. The van der Waals surface area contributed by atoms with E-state index in [0.717, 1.165) is 5.56 Å². The molecule has 2 amide bonds. The van der Waals surface area contributed by atoms with E-state index >= 15 is 0 Å². The quantitative estimate of drug-likeness (QED) is 0.827. The Bertz CT molecular complexity index is 775. The van der Waals surface area contributed by atoms with Crippen molar-refractivity contribution in [3.63, 3.8) is 0 Å². The van der Waals surface area contributed by atoms with Crippen molar-refractivity contribution in [2.75, 3.05) is 26.0 Å². The van der Waals surface area contributed by atoms with Crippen LogP contribution in [0.3, 0.4) is 0 Å². The van der Waals surface area contributed by atoms with Gasteiger partial charge in [-0.05, 0) is 43.2 Å². The molecule has 26 heavy (non-hydrogen) atoms. The number of nitrogens with one attached hydrogen (secondary N) is 1. The number of likely N-dealkylation sites (N-methyl/N-ethyl adjacent to an activating group) is 1. The Morgan fingerprint density at radius 1 is 1.15 bits per heavy atom. The molecule has 0 saturated heterocycles. The summed E-state index contributed by atoms with van der Waals surface area (Å²) < 4.78 is 18.5. The molecule has 0 unspecified atom stereocenters. The number of anilines is 1. The summed E-state index contributed by atoms with van der Waals surface area (Å²) in [6.07, 6.45) is 0.587. The molecule has 2 aromatic carbocycles. The van der Waals surface area contributed by atoms with Gasteiger partial charge in [-0.25, -0.2) is 4.39 Å². The zero-order valence-electron chi connectivity index (χ0n) is 15.2. The van der Waals surface area contributed by atoms with Gasteiger partial charge < -0.3 is 15.0 Å². The topological polar surface area (TPSA) is 58.6 Å². The first-order valence-electron chi connectivity index (χ1n) is 8.32. The molecule has 5 nitrogen and oxygen atoms in total. The highest BCUT2D eigenvalue weighted by atomic mass is 19.1. The molecular formula is C20H23FN2O3. The predicted octanol–water partition coefficient (Wildman–Crippen LogP) is 3.17. The Kier molecular flexibility index (Phi) is 6.72. The summed E-state index contributed by atoms with van der Waals surface area (Å²) in [5, 5.41) is 2.75. The molecule has 0 saturated carbocycles. The normalized spacial score (nSPS) is 10.3. The molecule has 0 aromatic heterocycles. The van der Waals surface area contributed by atoms with Gasteiger partial charge in [0.05, 0.1) is 13.7 Å². The van der Waals surface area contributed by atoms with Crippen molar-refractivity contribution in [2.24, 2.45) is 0 Å². The third-order valence-electron chi connectivity index (χ3n) is 3.99. The molecule has 1 N–H and O–H groups in total. The van der Waals surface area contributed by atoms with Crippen LogP contribution in [0, 0.1) is 12.7 Å². The van der Waals surface area contributed by atoms with Crippen molar-refractivity contribution in [1.82, 2.24) is 4.90 Å². The number of rotatable bonds is 7. The van der Waals surface area contributed by atoms with Gasteiger partial charge >= 0.3 is 0 Å². The van der Waals surface area contributed by atoms with Crippen molar-refractivity contribution in [3.05, 3.63) is 59.4 Å². The molecule has 0 atom stereocenters. The van der Waals surface area contributed by atoms with Gasteiger partial charge in [-0.2, -0.15) is 0 Å². The first-order chi connectivity index (χ1) is 12.4. The van der Waals surface area contributed by atoms with Gasteiger partial charge in [0.1, 0.15) is 0 Å². The van der Waals surface area contributed by atoms with Crippen LogP contribution in [0.5, 0.6) is 5.75 Å². The minimum absolute atomic E-state index is 0.0380. The molecule has 138 valence electrons. The number of carbonyl (C=O) groups is 2. The fourth-order valence-electron chi connectivity index (χ4n) is 2.45. The molecule has 0 spiro atoms. The Labute approximate surface area is 152 Å². The van der Waals surface area contributed by atoms with Crippen LogP contribution in [0.1, 0.15) is 17.5 Å². The molecule has 0 bridgehead atoms. The minimum atomic E-state index is -0.455. The third-order valence-corrected chi connectivity index (χ3v) is 3.99. The zero-order valence-corrected chi connectivity index (χ0v) is 15.2. The Hall–Kier alpha value is -2.89. The number of nitrogens with zero attached hydrogens (tertiary/aromatic N) is 1. The molecule has 0 aliphatic rings. The minimum Gasteiger partial charge on any atom is -0.494 e. The second kappa shape index (κ2) is 8.99. The van der Waals surface area contributed by atoms with E-state index in [1.54, 1.807) is 13.1 Å². The van der Waals surface area contributed by atoms with E-state index in [2.05, 4.69) is 5.32 Å². The van der Waals surface area contributed by atoms with Crippen LogP contribution in [0.25, 0.3) is 0 Å². The Morgan fingerprint density at radius 3 is 2.46 bits per heavy atom. The van der Waals surface area contributed by atoms with Gasteiger partial charge in [0.2, 0.25) is 11.8 Å². The van der Waals surface area contributed by atoms with Crippen molar-refractivity contribution < 1.29 is 18.7 Å². The van der Waals surface area contributed by atoms with Gasteiger partial charge in [0.25, 0.3) is 0 Å². The molecule has 6 heteroatoms. The molecular weight excluding hydrogens is 335 g/mol. The highest BCUT2D eigenvalue weighted by Crippen LogP contribution is 2.18. The molecule has 2 rings (SSSR count). The van der Waals surface area contributed by atoms with Crippen molar-refractivity contribution in [3.8, 4) is 5.75 Å². The highest BCUT2D eigenvalue weighted by Gasteiger charge is 2.14. The summed E-state index contributed by atoms with van der Waals surface area (Å²) in [5.74, 6) is -0.728. The summed E-state index contributed by atoms with van der Waals surface area (Å²) in [6, 6.07) is 12.0. The number of amides is 2. The predicted molar refractivity (Wildman–Crippen MR) is 98.7 cm³/mol. The summed E-state index contributed by atoms with van der Waals surface area (Å²) in [6.45, 7) is 1.93. The number of carbonyl (C=O) groups excluding carboxylic acids is 2. The van der Waals surface area contributed by atoms with Crippen molar-refractivity contribution in [2.45, 2.75) is 19.8 Å². The largest absolute Gasteiger partial charge is 0.494 e. The summed E-state index contributed by atoms with van der Waals surface area (Å²) in [7, 11) is 2.98. The lowest BCUT2D eigenvalue weighted by molar-refractivity contribution is -0.133. The molecule has 2 aromatic rings. The van der Waals surface area contributed by atoms with E-state index in [1.165, 1.54) is 24.1 Å². The Morgan fingerprint density at radius 2 is 1.85 bits per heavy atom. The molecule has 0 heterocycles. The SMILES string of the molecule is COc1ccc(CCC(=O)N(C)CC(=O)Nc2ccc(C)cc2)cc1F. The number of methoxy groups -OCH3 is 1. The lowest BCUT2D eigenvalue weighted by Crippen LogP contribution is -2.35. The number of benzene rings is 2. The van der Waals surface area contributed by atoms with E-state index in [-0.39, 0.29) is 30.5 Å². The Balaban J connectivity index is 1.82. The number of halogens is 1. The van der Waals surface area contributed by atoms with Gasteiger partial charge in [-0.15, -0.1) is 0 Å². The highest BCUT2D eigenvalue weighted by molar-refractivity contribution is 5.94. The maximum absolute atomic E-state index is 13.7. The summed E-state index contributed by atoms with van der Waals surface area (Å²) >= 11 is 0. The zero-order chi connectivity index (χ0) is 19.1. The maximum Gasteiger partial charge on any atom is 0.243 e. The van der Waals surface area contributed by atoms with Gasteiger partial charge in [0, 0.05) is 19.2 Å². The first-order valence-corrected chi connectivity index (χ1v) is 8.32. The van der Waals surface area contributed by atoms with Gasteiger partial charge in [0.15, 0.2) is 11.6 Å². The van der Waals surface area contributed by atoms with Gasteiger partial charge in [-0.3, -0.25) is 9.59 Å². The number of hydrogen-bond acceptors (Lipinski definition) is 3. The summed E-state index contributed by atoms with van der Waals surface area (Å²) in [4.78, 5) is 25.6. The summed E-state index contributed by atoms with van der Waals surface area (Å²) in [5.41, 5.74) is 2.49.